The van der Waals surface area contributed by atoms with Gasteiger partial charge in [0.2, 0.25) is 11.5 Å². The zero-order valence-corrected chi connectivity index (χ0v) is 13.7. The van der Waals surface area contributed by atoms with Crippen molar-refractivity contribution in [1.29, 1.82) is 0 Å². The third-order valence-corrected chi connectivity index (χ3v) is 3.23. The second kappa shape index (κ2) is 7.10. The van der Waals surface area contributed by atoms with Crippen molar-refractivity contribution in [3.05, 3.63) is 40.7 Å². The minimum absolute atomic E-state index is 0.0525. The van der Waals surface area contributed by atoms with E-state index in [1.54, 1.807) is 5.32 Å². The van der Waals surface area contributed by atoms with Crippen molar-refractivity contribution in [2.75, 3.05) is 11.9 Å². The van der Waals surface area contributed by atoms with Gasteiger partial charge in [-0.1, -0.05) is 0 Å². The van der Waals surface area contributed by atoms with Crippen LogP contribution in [0.4, 0.5) is 23.4 Å². The molecule has 0 atom stereocenters. The fraction of sp³-hybridized carbons (Fsp3) is 0.333. The molecule has 2 rings (SSSR count). The maximum Gasteiger partial charge on any atom is 0.405 e. The maximum absolute atomic E-state index is 14.0. The number of amides is 1. The summed E-state index contributed by atoms with van der Waals surface area (Å²) in [5, 5.41) is 4.19. The molecule has 0 saturated carbocycles. The Kier molecular flexibility index (Phi) is 5.28. The van der Waals surface area contributed by atoms with Crippen LogP contribution in [0.15, 0.2) is 29.3 Å². The Balaban J connectivity index is 2.22. The van der Waals surface area contributed by atoms with Crippen molar-refractivity contribution < 1.29 is 22.4 Å². The van der Waals surface area contributed by atoms with Gasteiger partial charge < -0.3 is 15.6 Å². The molecule has 0 aliphatic carbocycles. The number of hydrogen-bond acceptors (Lipinski definition) is 5. The number of anilines is 1. The van der Waals surface area contributed by atoms with Crippen molar-refractivity contribution in [1.82, 2.24) is 20.3 Å². The number of carbonyl (C=O) groups excluding carboxylic acids is 1. The van der Waals surface area contributed by atoms with Gasteiger partial charge in [-0.3, -0.25) is 9.59 Å². The van der Waals surface area contributed by atoms with Crippen LogP contribution in [0.25, 0.3) is 11.4 Å². The van der Waals surface area contributed by atoms with Crippen LogP contribution in [0.1, 0.15) is 13.8 Å². The van der Waals surface area contributed by atoms with Crippen molar-refractivity contribution >= 4 is 11.7 Å². The third-order valence-electron chi connectivity index (χ3n) is 3.23. The molecule has 0 radical (unpaired) electrons. The van der Waals surface area contributed by atoms with E-state index in [2.05, 4.69) is 20.3 Å². The van der Waals surface area contributed by atoms with Gasteiger partial charge in [-0.15, -0.1) is 0 Å². The van der Waals surface area contributed by atoms with E-state index in [1.807, 2.05) is 0 Å². The summed E-state index contributed by atoms with van der Waals surface area (Å²) < 4.78 is 50.6. The number of nitrogens with zero attached hydrogens (tertiary/aromatic N) is 2. The first kappa shape index (κ1) is 19.3. The van der Waals surface area contributed by atoms with E-state index in [0.29, 0.717) is 5.56 Å². The second-order valence-corrected chi connectivity index (χ2v) is 5.88. The van der Waals surface area contributed by atoms with Gasteiger partial charge >= 0.3 is 6.18 Å². The monoisotopic (exact) mass is 373 g/mol. The lowest BCUT2D eigenvalue weighted by atomic mass is 10.0. The van der Waals surface area contributed by atoms with Gasteiger partial charge in [0.1, 0.15) is 12.1 Å². The fourth-order valence-corrected chi connectivity index (χ4v) is 1.90. The predicted molar refractivity (Wildman–Crippen MR) is 84.8 cm³/mol. The van der Waals surface area contributed by atoms with Crippen LogP contribution in [0.2, 0.25) is 0 Å². The molecule has 26 heavy (non-hydrogen) atoms. The first-order valence-corrected chi connectivity index (χ1v) is 7.33. The average molecular weight is 373 g/mol. The van der Waals surface area contributed by atoms with E-state index in [0.717, 1.165) is 6.20 Å². The van der Waals surface area contributed by atoms with Gasteiger partial charge in [-0.25, -0.2) is 14.4 Å². The molecule has 11 heteroatoms. The molecule has 2 aromatic heterocycles. The number of nitrogens with one attached hydrogen (secondary N) is 3. The number of rotatable bonds is 5. The molecule has 0 aliphatic heterocycles. The van der Waals surface area contributed by atoms with Gasteiger partial charge in [-0.05, 0) is 19.9 Å². The molecular weight excluding hydrogens is 358 g/mol. The van der Waals surface area contributed by atoms with E-state index < -0.39 is 30.0 Å². The molecule has 0 unspecified atom stereocenters. The number of aromatic nitrogens is 3. The van der Waals surface area contributed by atoms with Crippen molar-refractivity contribution in [2.24, 2.45) is 0 Å². The third kappa shape index (κ3) is 5.01. The SMILES string of the molecule is CC(C)(Nc1nc(-c2ccc(=O)[nH]c2)ncc1F)C(=O)NCC(F)(F)F. The van der Waals surface area contributed by atoms with Crippen molar-refractivity contribution in [3.63, 3.8) is 0 Å². The topological polar surface area (TPSA) is 99.8 Å². The number of halogens is 4. The average Bonchev–Trinajstić information content (AvgIpc) is 2.54. The highest BCUT2D eigenvalue weighted by atomic mass is 19.4. The summed E-state index contributed by atoms with van der Waals surface area (Å²) in [5.41, 5.74) is -1.55. The second-order valence-electron chi connectivity index (χ2n) is 5.88. The highest BCUT2D eigenvalue weighted by Crippen LogP contribution is 2.21. The van der Waals surface area contributed by atoms with E-state index in [9.17, 15) is 27.2 Å². The smallest absolute Gasteiger partial charge is 0.354 e. The quantitative estimate of drug-likeness (QED) is 0.695. The summed E-state index contributed by atoms with van der Waals surface area (Å²) >= 11 is 0. The molecule has 0 spiro atoms. The summed E-state index contributed by atoms with van der Waals surface area (Å²) in [6, 6.07) is 2.64. The minimum atomic E-state index is -4.57. The Morgan fingerprint density at radius 1 is 1.27 bits per heavy atom. The van der Waals surface area contributed by atoms with Crippen LogP contribution in [-0.2, 0) is 4.79 Å². The van der Waals surface area contributed by atoms with Gasteiger partial charge in [0.25, 0.3) is 0 Å². The largest absolute Gasteiger partial charge is 0.405 e. The Bertz CT molecular complexity index is 843. The molecule has 140 valence electrons. The summed E-state index contributed by atoms with van der Waals surface area (Å²) in [4.78, 5) is 33.1. The molecule has 0 aromatic carbocycles. The zero-order chi connectivity index (χ0) is 19.5. The molecule has 0 fully saturated rings. The number of hydrogen-bond donors (Lipinski definition) is 3. The molecule has 0 saturated heterocycles. The van der Waals surface area contributed by atoms with E-state index >= 15 is 0 Å². The molecule has 7 nitrogen and oxygen atoms in total. The predicted octanol–water partition coefficient (Wildman–Crippen LogP) is 1.84. The van der Waals surface area contributed by atoms with Crippen LogP contribution < -0.4 is 16.2 Å². The number of H-pyrrole nitrogens is 1. The standard InChI is InChI=1S/C15H15F4N5O2/c1-14(2,13(26)22-7-15(17,18)19)24-12-9(16)6-21-11(23-12)8-3-4-10(25)20-5-8/h3-6H,7H2,1-2H3,(H,20,25)(H,22,26)(H,21,23,24). The highest BCUT2D eigenvalue weighted by Gasteiger charge is 2.33. The lowest BCUT2D eigenvalue weighted by Crippen LogP contribution is -2.50. The molecular formula is C15H15F4N5O2. The Labute approximate surface area is 144 Å². The van der Waals surface area contributed by atoms with Gasteiger partial charge in [0, 0.05) is 17.8 Å². The summed E-state index contributed by atoms with van der Waals surface area (Å²) in [7, 11) is 0. The number of aromatic amines is 1. The van der Waals surface area contributed by atoms with Gasteiger partial charge in [0.15, 0.2) is 17.5 Å². The molecule has 2 heterocycles. The number of carbonyl (C=O) groups is 1. The number of alkyl halides is 3. The van der Waals surface area contributed by atoms with Crippen molar-refractivity contribution in [3.8, 4) is 11.4 Å². The van der Waals surface area contributed by atoms with Crippen LogP contribution in [-0.4, -0.2) is 39.1 Å². The van der Waals surface area contributed by atoms with Crippen LogP contribution >= 0.6 is 0 Å². The Morgan fingerprint density at radius 2 is 1.96 bits per heavy atom. The molecule has 2 aromatic rings. The highest BCUT2D eigenvalue weighted by molar-refractivity contribution is 5.88. The Morgan fingerprint density at radius 3 is 2.54 bits per heavy atom. The first-order chi connectivity index (χ1) is 12.0. The minimum Gasteiger partial charge on any atom is -0.354 e. The first-order valence-electron chi connectivity index (χ1n) is 7.33. The van der Waals surface area contributed by atoms with Crippen LogP contribution in [0.5, 0.6) is 0 Å². The lowest BCUT2D eigenvalue weighted by molar-refractivity contribution is -0.140. The fourth-order valence-electron chi connectivity index (χ4n) is 1.90. The molecule has 3 N–H and O–H groups in total. The van der Waals surface area contributed by atoms with E-state index in [-0.39, 0.29) is 17.2 Å². The van der Waals surface area contributed by atoms with Crippen LogP contribution in [0.3, 0.4) is 0 Å². The van der Waals surface area contributed by atoms with E-state index in [1.165, 1.54) is 32.2 Å². The molecule has 0 aliphatic rings. The summed E-state index contributed by atoms with van der Waals surface area (Å²) in [5.74, 6) is -2.20. The summed E-state index contributed by atoms with van der Waals surface area (Å²) in [6.07, 6.45) is -2.40. The Hall–Kier alpha value is -2.98. The lowest BCUT2D eigenvalue weighted by Gasteiger charge is -2.26. The normalized spacial score (nSPS) is 11.9. The van der Waals surface area contributed by atoms with Gasteiger partial charge in [-0.2, -0.15) is 13.2 Å². The van der Waals surface area contributed by atoms with E-state index in [4.69, 9.17) is 0 Å². The zero-order valence-electron chi connectivity index (χ0n) is 13.7. The van der Waals surface area contributed by atoms with Crippen LogP contribution in [0, 0.1) is 5.82 Å². The molecule has 1 amide bonds. The maximum atomic E-state index is 14.0. The van der Waals surface area contributed by atoms with Gasteiger partial charge in [0.05, 0.1) is 6.20 Å². The van der Waals surface area contributed by atoms with Crippen molar-refractivity contribution in [2.45, 2.75) is 25.6 Å². The number of pyridine rings is 1. The molecule has 0 bridgehead atoms. The summed E-state index contributed by atoms with van der Waals surface area (Å²) in [6.45, 7) is 1.05.